The van der Waals surface area contributed by atoms with E-state index in [2.05, 4.69) is 5.32 Å². The summed E-state index contributed by atoms with van der Waals surface area (Å²) in [5.74, 6) is -0.180. The van der Waals surface area contributed by atoms with Gasteiger partial charge in [0.05, 0.1) is 29.2 Å². The average Bonchev–Trinajstić information content (AvgIpc) is 3.01. The Bertz CT molecular complexity index is 1000. The maximum atomic E-state index is 12.5. The second kappa shape index (κ2) is 9.02. The smallest absolute Gasteiger partial charge is 0.343 e. The van der Waals surface area contributed by atoms with Crippen molar-refractivity contribution in [1.82, 2.24) is 5.32 Å². The summed E-state index contributed by atoms with van der Waals surface area (Å²) in [4.78, 5) is 35.8. The molecule has 1 fully saturated rings. The summed E-state index contributed by atoms with van der Waals surface area (Å²) in [5, 5.41) is 1.86. The number of carbonyl (C=O) groups is 3. The Morgan fingerprint density at radius 1 is 1.21 bits per heavy atom. The summed E-state index contributed by atoms with van der Waals surface area (Å²) >= 11 is 7.11. The Morgan fingerprint density at radius 3 is 2.52 bits per heavy atom. The third-order valence-corrected chi connectivity index (χ3v) is 4.88. The number of methoxy groups -OCH3 is 1. The van der Waals surface area contributed by atoms with Gasteiger partial charge in [-0.05, 0) is 66.7 Å². The summed E-state index contributed by atoms with van der Waals surface area (Å²) in [6, 6.07) is 9.52. The van der Waals surface area contributed by atoms with Crippen molar-refractivity contribution in [3.05, 3.63) is 57.5 Å². The maximum Gasteiger partial charge on any atom is 0.343 e. The lowest BCUT2D eigenvalue weighted by Gasteiger charge is -2.13. The lowest BCUT2D eigenvalue weighted by molar-refractivity contribution is -0.115. The highest BCUT2D eigenvalue weighted by atomic mass is 35.5. The molecule has 1 heterocycles. The Balaban J connectivity index is 1.90. The van der Waals surface area contributed by atoms with E-state index in [1.165, 1.54) is 19.3 Å². The molecule has 2 aromatic rings. The molecule has 0 saturated carbocycles. The highest BCUT2D eigenvalue weighted by molar-refractivity contribution is 8.18. The molecule has 9 heteroatoms. The van der Waals surface area contributed by atoms with Crippen LogP contribution in [0.3, 0.4) is 0 Å². The first-order valence-corrected chi connectivity index (χ1v) is 9.68. The van der Waals surface area contributed by atoms with Crippen LogP contribution in [0.2, 0.25) is 5.02 Å². The molecule has 0 aromatic heterocycles. The van der Waals surface area contributed by atoms with Gasteiger partial charge < -0.3 is 14.2 Å². The molecular formula is C20H16ClNO6S. The zero-order chi connectivity index (χ0) is 21.0. The molecule has 0 bridgehead atoms. The molecule has 1 N–H and O–H groups in total. The van der Waals surface area contributed by atoms with E-state index >= 15 is 0 Å². The van der Waals surface area contributed by atoms with E-state index in [9.17, 15) is 14.4 Å². The largest absolute Gasteiger partial charge is 0.497 e. The van der Waals surface area contributed by atoms with Crippen molar-refractivity contribution in [2.24, 2.45) is 0 Å². The van der Waals surface area contributed by atoms with E-state index in [-0.39, 0.29) is 21.4 Å². The van der Waals surface area contributed by atoms with Crippen LogP contribution in [-0.4, -0.2) is 30.8 Å². The van der Waals surface area contributed by atoms with Crippen LogP contribution in [0.1, 0.15) is 22.8 Å². The third-order valence-electron chi connectivity index (χ3n) is 3.79. The minimum atomic E-state index is -0.613. The second-order valence-electron chi connectivity index (χ2n) is 5.73. The molecule has 1 aliphatic heterocycles. The van der Waals surface area contributed by atoms with Gasteiger partial charge in [0.1, 0.15) is 5.75 Å². The van der Waals surface area contributed by atoms with Gasteiger partial charge in [-0.15, -0.1) is 0 Å². The predicted octanol–water partition coefficient (Wildman–Crippen LogP) is 4.29. The molecule has 150 valence electrons. The van der Waals surface area contributed by atoms with E-state index in [1.54, 1.807) is 37.3 Å². The minimum absolute atomic E-state index is 0.0658. The van der Waals surface area contributed by atoms with E-state index in [4.69, 9.17) is 25.8 Å². The number of imide groups is 1. The molecular weight excluding hydrogens is 418 g/mol. The normalized spacial score (nSPS) is 14.7. The topological polar surface area (TPSA) is 90.9 Å². The van der Waals surface area contributed by atoms with Gasteiger partial charge >= 0.3 is 5.97 Å². The molecule has 3 rings (SSSR count). The Hall–Kier alpha value is -2.97. The number of esters is 1. The number of benzene rings is 2. The van der Waals surface area contributed by atoms with Gasteiger partial charge in [0.2, 0.25) is 0 Å². The van der Waals surface area contributed by atoms with Crippen LogP contribution in [0.5, 0.6) is 17.2 Å². The molecule has 0 spiro atoms. The first kappa shape index (κ1) is 20.8. The number of nitrogens with one attached hydrogen (secondary N) is 1. The number of halogens is 1. The van der Waals surface area contributed by atoms with Gasteiger partial charge in [-0.25, -0.2) is 4.79 Å². The lowest BCUT2D eigenvalue weighted by atomic mass is 10.1. The van der Waals surface area contributed by atoms with Crippen LogP contribution in [0, 0.1) is 0 Å². The molecule has 29 heavy (non-hydrogen) atoms. The van der Waals surface area contributed by atoms with Crippen molar-refractivity contribution in [3.63, 3.8) is 0 Å². The molecule has 0 unspecified atom stereocenters. The van der Waals surface area contributed by atoms with E-state index in [0.717, 1.165) is 11.8 Å². The zero-order valence-electron chi connectivity index (χ0n) is 15.5. The second-order valence-corrected chi connectivity index (χ2v) is 7.16. The van der Waals surface area contributed by atoms with Crippen molar-refractivity contribution in [3.8, 4) is 17.2 Å². The van der Waals surface area contributed by atoms with Crippen molar-refractivity contribution < 1.29 is 28.6 Å². The van der Waals surface area contributed by atoms with Crippen LogP contribution < -0.4 is 19.5 Å². The Morgan fingerprint density at radius 2 is 1.93 bits per heavy atom. The van der Waals surface area contributed by atoms with E-state index in [1.807, 2.05) is 0 Å². The first-order chi connectivity index (χ1) is 13.9. The number of carbonyl (C=O) groups excluding carboxylic acids is 3. The number of hydrogen-bond donors (Lipinski definition) is 1. The number of rotatable bonds is 6. The van der Waals surface area contributed by atoms with Crippen LogP contribution in [0.15, 0.2) is 41.3 Å². The standard InChI is InChI=1S/C20H16ClNO6S/c1-3-27-15-9-11(10-16-18(23)22-20(25)29-16)8-14(21)17(15)28-19(24)12-4-6-13(26-2)7-5-12/h4-10H,3H2,1-2H3,(H,22,23,25)/b16-10-. The van der Waals surface area contributed by atoms with Gasteiger partial charge in [-0.2, -0.15) is 0 Å². The summed E-state index contributed by atoms with van der Waals surface area (Å²) in [7, 11) is 1.53. The number of amides is 2. The summed E-state index contributed by atoms with van der Waals surface area (Å²) in [6.07, 6.45) is 1.51. The fourth-order valence-corrected chi connectivity index (χ4v) is 3.42. The highest BCUT2D eigenvalue weighted by Crippen LogP contribution is 2.38. The van der Waals surface area contributed by atoms with Crippen molar-refractivity contribution in [2.75, 3.05) is 13.7 Å². The summed E-state index contributed by atoms with van der Waals surface area (Å²) in [5.41, 5.74) is 0.836. The number of thioether (sulfide) groups is 1. The monoisotopic (exact) mass is 433 g/mol. The predicted molar refractivity (Wildman–Crippen MR) is 110 cm³/mol. The van der Waals surface area contributed by atoms with Gasteiger partial charge in [0.15, 0.2) is 11.5 Å². The fraction of sp³-hybridized carbons (Fsp3) is 0.150. The molecule has 2 aromatic carbocycles. The number of hydrogen-bond acceptors (Lipinski definition) is 7. The van der Waals surface area contributed by atoms with Crippen LogP contribution in [-0.2, 0) is 4.79 Å². The van der Waals surface area contributed by atoms with Crippen molar-refractivity contribution >= 4 is 46.6 Å². The molecule has 7 nitrogen and oxygen atoms in total. The number of ether oxygens (including phenoxy) is 3. The van der Waals surface area contributed by atoms with Crippen LogP contribution in [0.4, 0.5) is 4.79 Å². The zero-order valence-corrected chi connectivity index (χ0v) is 17.1. The Labute approximate surface area is 176 Å². The SMILES string of the molecule is CCOc1cc(/C=C2\SC(=O)NC2=O)cc(Cl)c1OC(=O)c1ccc(OC)cc1. The van der Waals surface area contributed by atoms with Gasteiger partial charge in [-0.3, -0.25) is 14.9 Å². The van der Waals surface area contributed by atoms with Crippen LogP contribution >= 0.6 is 23.4 Å². The quantitative estimate of drug-likeness (QED) is 0.412. The minimum Gasteiger partial charge on any atom is -0.497 e. The summed E-state index contributed by atoms with van der Waals surface area (Å²) < 4.78 is 16.1. The van der Waals surface area contributed by atoms with Crippen molar-refractivity contribution in [2.45, 2.75) is 6.92 Å². The summed E-state index contributed by atoms with van der Waals surface area (Å²) in [6.45, 7) is 2.07. The van der Waals surface area contributed by atoms with E-state index < -0.39 is 17.1 Å². The fourth-order valence-electron chi connectivity index (χ4n) is 2.48. The van der Waals surface area contributed by atoms with Gasteiger partial charge in [0.25, 0.3) is 11.1 Å². The molecule has 1 saturated heterocycles. The van der Waals surface area contributed by atoms with Gasteiger partial charge in [-0.1, -0.05) is 11.6 Å². The maximum absolute atomic E-state index is 12.5. The molecule has 0 radical (unpaired) electrons. The van der Waals surface area contributed by atoms with Crippen molar-refractivity contribution in [1.29, 1.82) is 0 Å². The average molecular weight is 434 g/mol. The third kappa shape index (κ3) is 4.90. The molecule has 1 aliphatic rings. The molecule has 0 atom stereocenters. The van der Waals surface area contributed by atoms with Crippen LogP contribution in [0.25, 0.3) is 6.08 Å². The molecule has 0 aliphatic carbocycles. The Kier molecular flexibility index (Phi) is 6.46. The molecule has 2 amide bonds. The van der Waals surface area contributed by atoms with Gasteiger partial charge in [0, 0.05) is 0 Å². The highest BCUT2D eigenvalue weighted by Gasteiger charge is 2.25. The lowest BCUT2D eigenvalue weighted by Crippen LogP contribution is -2.17. The first-order valence-electron chi connectivity index (χ1n) is 8.48. The van der Waals surface area contributed by atoms with E-state index in [0.29, 0.717) is 23.5 Å².